The third-order valence-electron chi connectivity index (χ3n) is 5.46. The molecule has 1 aromatic heterocycles. The molecule has 0 saturated heterocycles. The Bertz CT molecular complexity index is 1360. The Kier molecular flexibility index (Phi) is 5.74. The topological polar surface area (TPSA) is 137 Å². The van der Waals surface area contributed by atoms with Gasteiger partial charge in [-0.25, -0.2) is 9.80 Å². The molecular weight excluding hydrogens is 428 g/mol. The molecule has 3 aromatic rings. The van der Waals surface area contributed by atoms with Crippen molar-refractivity contribution in [2.75, 3.05) is 7.11 Å². The largest absolute Gasteiger partial charge is 0.504 e. The second kappa shape index (κ2) is 8.65. The molecule has 170 valence electrons. The number of aromatic amines is 1. The zero-order valence-corrected chi connectivity index (χ0v) is 18.0. The van der Waals surface area contributed by atoms with Crippen LogP contribution in [0.4, 0.5) is 0 Å². The number of H-pyrrole nitrogens is 1. The van der Waals surface area contributed by atoms with Gasteiger partial charge in [0.15, 0.2) is 11.5 Å². The minimum atomic E-state index is -0.803. The number of carbonyl (C=O) groups is 1. The van der Waals surface area contributed by atoms with Gasteiger partial charge >= 0.3 is 5.69 Å². The summed E-state index contributed by atoms with van der Waals surface area (Å²) in [5.74, 6) is -0.759. The number of carbonyl (C=O) groups excluding carboxylic acids is 1. The average molecular weight is 450 g/mol. The number of hydrazone groups is 1. The molecule has 4 rings (SSSR count). The lowest BCUT2D eigenvalue weighted by Gasteiger charge is -2.21. The molecule has 1 amide bonds. The fourth-order valence-corrected chi connectivity index (χ4v) is 3.86. The Balaban J connectivity index is 1.76. The van der Waals surface area contributed by atoms with Crippen LogP contribution in [0.5, 0.6) is 17.4 Å². The first kappa shape index (κ1) is 21.9. The number of amides is 1. The van der Waals surface area contributed by atoms with Gasteiger partial charge in [0, 0.05) is 13.3 Å². The average Bonchev–Trinajstić information content (AvgIpc) is 3.22. The van der Waals surface area contributed by atoms with Crippen LogP contribution in [0.3, 0.4) is 0 Å². The van der Waals surface area contributed by atoms with Crippen LogP contribution in [0.25, 0.3) is 0 Å². The molecule has 10 nitrogen and oxygen atoms in total. The van der Waals surface area contributed by atoms with Gasteiger partial charge in [-0.3, -0.25) is 19.1 Å². The summed E-state index contributed by atoms with van der Waals surface area (Å²) >= 11 is 0. The van der Waals surface area contributed by atoms with Crippen LogP contribution in [-0.4, -0.2) is 43.5 Å². The van der Waals surface area contributed by atoms with Crippen molar-refractivity contribution in [3.63, 3.8) is 0 Å². The van der Waals surface area contributed by atoms with Crippen molar-refractivity contribution >= 4 is 11.6 Å². The number of aromatic hydroxyl groups is 2. The summed E-state index contributed by atoms with van der Waals surface area (Å²) in [7, 11) is 1.42. The Hall–Kier alpha value is -4.34. The van der Waals surface area contributed by atoms with Gasteiger partial charge in [0.2, 0.25) is 11.8 Å². The van der Waals surface area contributed by atoms with Gasteiger partial charge in [0.25, 0.3) is 5.56 Å². The van der Waals surface area contributed by atoms with Crippen LogP contribution in [0.1, 0.15) is 36.1 Å². The number of methoxy groups -OCH3 is 1. The summed E-state index contributed by atoms with van der Waals surface area (Å²) in [6.07, 6.45) is 0.0888. The fourth-order valence-electron chi connectivity index (χ4n) is 3.86. The second-order valence-electron chi connectivity index (χ2n) is 7.59. The van der Waals surface area contributed by atoms with Crippen LogP contribution in [-0.2, 0) is 11.3 Å². The monoisotopic (exact) mass is 450 g/mol. The number of ether oxygens (including phenoxy) is 1. The number of hydrogen-bond donors (Lipinski definition) is 3. The molecule has 0 saturated carbocycles. The van der Waals surface area contributed by atoms with Crippen molar-refractivity contribution in [3.05, 3.63) is 86.1 Å². The van der Waals surface area contributed by atoms with Crippen LogP contribution in [0, 0.1) is 0 Å². The van der Waals surface area contributed by atoms with E-state index in [1.807, 2.05) is 6.07 Å². The van der Waals surface area contributed by atoms with E-state index in [9.17, 15) is 24.6 Å². The van der Waals surface area contributed by atoms with E-state index in [2.05, 4.69) is 10.1 Å². The molecule has 10 heteroatoms. The molecule has 3 N–H and O–H groups in total. The van der Waals surface area contributed by atoms with Crippen molar-refractivity contribution in [2.45, 2.75) is 25.9 Å². The van der Waals surface area contributed by atoms with Crippen LogP contribution >= 0.6 is 0 Å². The molecular formula is C23H22N4O6. The third kappa shape index (κ3) is 4.10. The number of nitrogens with one attached hydrogen (secondary N) is 1. The SMILES string of the molecule is COc1ccc([C@@H]2CC(c3c(O)n(Cc4ccccc4)c(=O)[nH]c3=O)=NN2C(C)=O)cc1O. The van der Waals surface area contributed by atoms with Crippen LogP contribution in [0.15, 0.2) is 63.2 Å². The highest BCUT2D eigenvalue weighted by Gasteiger charge is 2.34. The van der Waals surface area contributed by atoms with Crippen LogP contribution in [0.2, 0.25) is 0 Å². The van der Waals surface area contributed by atoms with Gasteiger partial charge < -0.3 is 14.9 Å². The van der Waals surface area contributed by atoms with Crippen molar-refractivity contribution in [2.24, 2.45) is 5.10 Å². The molecule has 33 heavy (non-hydrogen) atoms. The lowest BCUT2D eigenvalue weighted by Crippen LogP contribution is -2.34. The minimum absolute atomic E-state index is 0.0365. The standard InChI is InChI=1S/C23H22N4O6/c1-13(28)27-17(15-8-9-19(33-2)18(29)10-15)11-16(25-27)20-21(30)24-23(32)26(22(20)31)12-14-6-4-3-5-7-14/h3-10,17,29,31H,11-12H2,1-2H3,(H,24,30,32)/t17-/m0/s1. The number of rotatable bonds is 5. The predicted molar refractivity (Wildman–Crippen MR) is 120 cm³/mol. The highest BCUT2D eigenvalue weighted by Crippen LogP contribution is 2.37. The molecule has 0 aliphatic carbocycles. The zero-order chi connectivity index (χ0) is 23.7. The molecule has 1 aliphatic heterocycles. The lowest BCUT2D eigenvalue weighted by molar-refractivity contribution is -0.130. The van der Waals surface area contributed by atoms with Gasteiger partial charge in [0.05, 0.1) is 25.4 Å². The first-order chi connectivity index (χ1) is 15.8. The Labute approximate surface area is 188 Å². The predicted octanol–water partition coefficient (Wildman–Crippen LogP) is 1.70. The van der Waals surface area contributed by atoms with Crippen molar-refractivity contribution in [3.8, 4) is 17.4 Å². The van der Waals surface area contributed by atoms with Gasteiger partial charge in [-0.15, -0.1) is 0 Å². The van der Waals surface area contributed by atoms with E-state index in [-0.39, 0.29) is 41.6 Å². The maximum absolute atomic E-state index is 12.6. The molecule has 0 spiro atoms. The minimum Gasteiger partial charge on any atom is -0.504 e. The summed E-state index contributed by atoms with van der Waals surface area (Å²) in [5.41, 5.74) is -0.289. The van der Waals surface area contributed by atoms with Gasteiger partial charge in [0.1, 0.15) is 5.56 Å². The smallest absolute Gasteiger partial charge is 0.331 e. The molecule has 0 fully saturated rings. The molecule has 2 aromatic carbocycles. The van der Waals surface area contributed by atoms with E-state index < -0.39 is 23.2 Å². The number of nitrogens with zero attached hydrogens (tertiary/aromatic N) is 3. The maximum atomic E-state index is 12.6. The van der Waals surface area contributed by atoms with Gasteiger partial charge in [-0.1, -0.05) is 36.4 Å². The summed E-state index contributed by atoms with van der Waals surface area (Å²) in [6.45, 7) is 1.36. The molecule has 0 bridgehead atoms. The summed E-state index contributed by atoms with van der Waals surface area (Å²) in [6, 6.07) is 13.1. The Morgan fingerprint density at radius 3 is 2.55 bits per heavy atom. The highest BCUT2D eigenvalue weighted by atomic mass is 16.5. The van der Waals surface area contributed by atoms with Crippen molar-refractivity contribution in [1.29, 1.82) is 0 Å². The fraction of sp³-hybridized carbons (Fsp3) is 0.217. The lowest BCUT2D eigenvalue weighted by atomic mass is 9.98. The summed E-state index contributed by atoms with van der Waals surface area (Å²) in [5, 5.41) is 26.5. The van der Waals surface area contributed by atoms with E-state index in [0.717, 1.165) is 10.1 Å². The molecule has 0 unspecified atom stereocenters. The second-order valence-corrected chi connectivity index (χ2v) is 7.59. The number of hydrogen-bond acceptors (Lipinski definition) is 7. The van der Waals surface area contributed by atoms with E-state index in [1.54, 1.807) is 36.4 Å². The van der Waals surface area contributed by atoms with Crippen molar-refractivity contribution in [1.82, 2.24) is 14.6 Å². The van der Waals surface area contributed by atoms with E-state index in [0.29, 0.717) is 5.56 Å². The number of benzene rings is 2. The molecule has 2 heterocycles. The normalized spacial score (nSPS) is 15.4. The number of phenols is 1. The molecule has 0 radical (unpaired) electrons. The summed E-state index contributed by atoms with van der Waals surface area (Å²) < 4.78 is 6.10. The first-order valence-electron chi connectivity index (χ1n) is 10.1. The van der Waals surface area contributed by atoms with E-state index in [1.165, 1.54) is 25.1 Å². The maximum Gasteiger partial charge on any atom is 0.331 e. The summed E-state index contributed by atoms with van der Waals surface area (Å²) in [4.78, 5) is 39.5. The zero-order valence-electron chi connectivity index (χ0n) is 18.0. The highest BCUT2D eigenvalue weighted by molar-refractivity contribution is 6.04. The van der Waals surface area contributed by atoms with Gasteiger partial charge in [-0.05, 0) is 23.3 Å². The number of phenolic OH excluding ortho intramolecular Hbond substituents is 1. The molecule has 1 aliphatic rings. The Morgan fingerprint density at radius 1 is 1.18 bits per heavy atom. The number of aromatic nitrogens is 2. The van der Waals surface area contributed by atoms with Crippen LogP contribution < -0.4 is 16.0 Å². The quantitative estimate of drug-likeness (QED) is 0.541. The first-order valence-corrected chi connectivity index (χ1v) is 10.1. The van der Waals surface area contributed by atoms with E-state index >= 15 is 0 Å². The van der Waals surface area contributed by atoms with E-state index in [4.69, 9.17) is 4.74 Å². The Morgan fingerprint density at radius 2 is 1.91 bits per heavy atom. The third-order valence-corrected chi connectivity index (χ3v) is 5.46. The molecule has 1 atom stereocenters. The van der Waals surface area contributed by atoms with Gasteiger partial charge in [-0.2, -0.15) is 5.10 Å². The van der Waals surface area contributed by atoms with Crippen molar-refractivity contribution < 1.29 is 19.7 Å².